The minimum atomic E-state index is -4.94. The molecule has 0 rings (SSSR count). The van der Waals surface area contributed by atoms with E-state index in [1.54, 1.807) is 0 Å². The van der Waals surface area contributed by atoms with Crippen molar-refractivity contribution in [2.24, 2.45) is 23.7 Å². The van der Waals surface area contributed by atoms with Crippen molar-refractivity contribution in [2.75, 3.05) is 39.6 Å². The van der Waals surface area contributed by atoms with Gasteiger partial charge in [-0.25, -0.2) is 9.13 Å². The lowest BCUT2D eigenvalue weighted by atomic mass is 10.0. The maximum atomic E-state index is 13.0. The quantitative estimate of drug-likeness (QED) is 0.0222. The maximum Gasteiger partial charge on any atom is 0.472 e. The summed E-state index contributed by atoms with van der Waals surface area (Å²) < 4.78 is 68.0. The second-order valence-electron chi connectivity index (χ2n) is 25.1. The van der Waals surface area contributed by atoms with Crippen LogP contribution in [-0.4, -0.2) is 96.7 Å². The third-order valence-electron chi connectivity index (χ3n) is 14.6. The Hall–Kier alpha value is -1.94. The van der Waals surface area contributed by atoms with E-state index in [-0.39, 0.29) is 25.7 Å². The highest BCUT2D eigenvalue weighted by atomic mass is 31.2. The van der Waals surface area contributed by atoms with Crippen LogP contribution in [0.4, 0.5) is 0 Å². The van der Waals surface area contributed by atoms with Crippen LogP contribution < -0.4 is 0 Å². The lowest BCUT2D eigenvalue weighted by Crippen LogP contribution is -2.30. The molecular weight excluding hydrogens is 1100 g/mol. The summed E-state index contributed by atoms with van der Waals surface area (Å²) in [4.78, 5) is 72.2. The van der Waals surface area contributed by atoms with Crippen LogP contribution in [0.2, 0.25) is 0 Å². The molecule has 0 saturated carbocycles. The zero-order valence-electron chi connectivity index (χ0n) is 53.8. The second-order valence-corrected chi connectivity index (χ2v) is 28.0. The zero-order valence-corrected chi connectivity index (χ0v) is 55.6. The minimum absolute atomic E-state index is 0.103. The average Bonchev–Trinajstić information content (AvgIpc) is 3.44. The van der Waals surface area contributed by atoms with Crippen LogP contribution in [-0.2, 0) is 65.4 Å². The molecule has 0 heterocycles. The van der Waals surface area contributed by atoms with Crippen LogP contribution in [0.15, 0.2) is 0 Å². The molecule has 0 aliphatic carbocycles. The van der Waals surface area contributed by atoms with E-state index in [1.807, 2.05) is 0 Å². The van der Waals surface area contributed by atoms with Crippen LogP contribution in [0.3, 0.4) is 0 Å². The highest BCUT2D eigenvalue weighted by molar-refractivity contribution is 7.47. The highest BCUT2D eigenvalue weighted by Gasteiger charge is 2.30. The number of aliphatic hydroxyl groups is 1. The smallest absolute Gasteiger partial charge is 0.462 e. The van der Waals surface area contributed by atoms with Gasteiger partial charge < -0.3 is 33.8 Å². The molecule has 83 heavy (non-hydrogen) atoms. The van der Waals surface area contributed by atoms with Crippen molar-refractivity contribution in [3.05, 3.63) is 0 Å². The van der Waals surface area contributed by atoms with Gasteiger partial charge in [0.25, 0.3) is 0 Å². The number of rotatable bonds is 61. The Morgan fingerprint density at radius 2 is 0.506 bits per heavy atom. The van der Waals surface area contributed by atoms with Gasteiger partial charge in [-0.3, -0.25) is 37.3 Å². The molecule has 0 aliphatic rings. The van der Waals surface area contributed by atoms with Crippen LogP contribution in [0.25, 0.3) is 0 Å². The summed E-state index contributed by atoms with van der Waals surface area (Å²) >= 11 is 0. The summed E-state index contributed by atoms with van der Waals surface area (Å²) in [6.07, 6.45) is 33.7. The van der Waals surface area contributed by atoms with E-state index in [1.165, 1.54) is 103 Å². The molecule has 0 aromatic carbocycles. The Morgan fingerprint density at radius 1 is 0.301 bits per heavy atom. The highest BCUT2D eigenvalue weighted by Crippen LogP contribution is 2.45. The van der Waals surface area contributed by atoms with Gasteiger partial charge in [-0.2, -0.15) is 0 Å². The fourth-order valence-electron chi connectivity index (χ4n) is 9.43. The van der Waals surface area contributed by atoms with Crippen LogP contribution in [0, 0.1) is 23.7 Å². The van der Waals surface area contributed by atoms with E-state index in [4.69, 9.17) is 37.0 Å². The first kappa shape index (κ1) is 81.1. The molecule has 2 unspecified atom stereocenters. The Morgan fingerprint density at radius 3 is 0.747 bits per heavy atom. The van der Waals surface area contributed by atoms with Gasteiger partial charge in [-0.05, 0) is 49.4 Å². The van der Waals surface area contributed by atoms with Crippen LogP contribution >= 0.6 is 15.6 Å². The Balaban J connectivity index is 5.25. The molecule has 17 nitrogen and oxygen atoms in total. The molecule has 19 heteroatoms. The molecule has 0 aromatic rings. The van der Waals surface area contributed by atoms with E-state index in [0.717, 1.165) is 114 Å². The summed E-state index contributed by atoms with van der Waals surface area (Å²) in [6.45, 7) is 13.9. The Labute approximate surface area is 505 Å². The topological polar surface area (TPSA) is 237 Å². The SMILES string of the molecule is CC(C)CCCCCCCCCCCC(=O)O[C@H](COC(=O)CCCCCCCCC(C)C)COP(=O)(O)OC[C@H](O)COP(=O)(O)OC[C@@H](COC(=O)CCCCCCCCCCC(C)C)OC(=O)CCCCCCCCCCC(C)C. The monoisotopic (exact) mass is 1230 g/mol. The fourth-order valence-corrected chi connectivity index (χ4v) is 11.0. The third kappa shape index (κ3) is 58.8. The normalized spacial score (nSPS) is 14.4. The van der Waals surface area contributed by atoms with Gasteiger partial charge in [0.15, 0.2) is 12.2 Å². The molecule has 0 saturated heterocycles. The van der Waals surface area contributed by atoms with Gasteiger partial charge in [0.2, 0.25) is 0 Å². The van der Waals surface area contributed by atoms with Gasteiger partial charge in [0.1, 0.15) is 19.3 Å². The van der Waals surface area contributed by atoms with Gasteiger partial charge >= 0.3 is 39.5 Å². The molecule has 0 fully saturated rings. The molecule has 0 amide bonds. The number of aliphatic hydroxyl groups excluding tert-OH is 1. The number of carbonyl (C=O) groups is 4. The number of hydrogen-bond donors (Lipinski definition) is 3. The van der Waals surface area contributed by atoms with Crippen LogP contribution in [0.5, 0.6) is 0 Å². The summed E-state index contributed by atoms with van der Waals surface area (Å²) in [5.41, 5.74) is 0. The van der Waals surface area contributed by atoms with Gasteiger partial charge in [-0.1, -0.05) is 254 Å². The van der Waals surface area contributed by atoms with Crippen molar-refractivity contribution < 1.29 is 80.2 Å². The first-order chi connectivity index (χ1) is 39.6. The summed E-state index contributed by atoms with van der Waals surface area (Å²) in [5, 5.41) is 10.5. The van der Waals surface area contributed by atoms with Crippen LogP contribution in [0.1, 0.15) is 306 Å². The number of unbranched alkanes of at least 4 members (excludes halogenated alkanes) is 27. The summed E-state index contributed by atoms with van der Waals surface area (Å²) in [7, 11) is -9.89. The number of carbonyl (C=O) groups excluding carboxylic acids is 4. The second kappa shape index (κ2) is 54.2. The molecule has 0 radical (unpaired) electrons. The lowest BCUT2D eigenvalue weighted by molar-refractivity contribution is -0.161. The lowest BCUT2D eigenvalue weighted by Gasteiger charge is -2.21. The van der Waals surface area contributed by atoms with E-state index in [0.29, 0.717) is 31.6 Å². The predicted molar refractivity (Wildman–Crippen MR) is 331 cm³/mol. The average molecular weight is 1230 g/mol. The standard InChI is InChI=1S/C64H124O17P2/c1-54(2)40-32-24-16-10-9-11-20-30-38-46-63(68)80-60(51-75-62(67)45-37-29-23-22-27-35-43-57(7)8)53-79-83(72,73)77-49-58(65)48-76-82(70,71)78-52-59(81-64(69)47-39-31-21-15-13-18-26-34-42-56(5)6)50-74-61(66)44-36-28-19-14-12-17-25-33-41-55(3)4/h54-60,65H,9-53H2,1-8H3,(H,70,71)(H,72,73)/t58-,59-,60-/m1/s1. The molecule has 0 aliphatic heterocycles. The molecule has 492 valence electrons. The summed E-state index contributed by atoms with van der Waals surface area (Å²) in [6, 6.07) is 0. The first-order valence-corrected chi connectivity index (χ1v) is 36.2. The predicted octanol–water partition coefficient (Wildman–Crippen LogP) is 17.4. The zero-order chi connectivity index (χ0) is 61.8. The van der Waals surface area contributed by atoms with Gasteiger partial charge in [-0.15, -0.1) is 0 Å². The van der Waals surface area contributed by atoms with E-state index in [2.05, 4.69) is 55.4 Å². The van der Waals surface area contributed by atoms with Crippen molar-refractivity contribution in [3.8, 4) is 0 Å². The third-order valence-corrected chi connectivity index (χ3v) is 16.5. The number of phosphoric acid groups is 2. The Bertz CT molecular complexity index is 1660. The molecular formula is C64H124O17P2. The Kier molecular flexibility index (Phi) is 53.0. The maximum absolute atomic E-state index is 13.0. The van der Waals surface area contributed by atoms with E-state index in [9.17, 15) is 43.2 Å². The first-order valence-electron chi connectivity index (χ1n) is 33.2. The molecule has 3 N–H and O–H groups in total. The van der Waals surface area contributed by atoms with Crippen molar-refractivity contribution in [1.82, 2.24) is 0 Å². The number of phosphoric ester groups is 2. The van der Waals surface area contributed by atoms with E-state index < -0.39 is 97.5 Å². The van der Waals surface area contributed by atoms with Gasteiger partial charge in [0, 0.05) is 25.7 Å². The molecule has 0 bridgehead atoms. The van der Waals surface area contributed by atoms with Crippen molar-refractivity contribution in [2.45, 2.75) is 324 Å². The number of esters is 4. The van der Waals surface area contributed by atoms with E-state index >= 15 is 0 Å². The fraction of sp³-hybridized carbons (Fsp3) is 0.938. The minimum Gasteiger partial charge on any atom is -0.462 e. The number of hydrogen-bond acceptors (Lipinski definition) is 15. The molecule has 5 atom stereocenters. The van der Waals surface area contributed by atoms with Gasteiger partial charge in [0.05, 0.1) is 26.4 Å². The summed E-state index contributed by atoms with van der Waals surface area (Å²) in [5.74, 6) is 0.719. The number of ether oxygens (including phenoxy) is 4. The van der Waals surface area contributed by atoms with Crippen molar-refractivity contribution in [1.29, 1.82) is 0 Å². The van der Waals surface area contributed by atoms with Crippen molar-refractivity contribution >= 4 is 39.5 Å². The molecule has 0 spiro atoms. The molecule has 0 aromatic heterocycles. The van der Waals surface area contributed by atoms with Crippen molar-refractivity contribution in [3.63, 3.8) is 0 Å². The largest absolute Gasteiger partial charge is 0.472 e.